The van der Waals surface area contributed by atoms with E-state index in [1.54, 1.807) is 7.11 Å². The Morgan fingerprint density at radius 3 is 2.76 bits per heavy atom. The molecule has 0 aliphatic rings. The van der Waals surface area contributed by atoms with Crippen molar-refractivity contribution >= 4 is 16.9 Å². The molecule has 0 radical (unpaired) electrons. The number of urea groups is 1. The van der Waals surface area contributed by atoms with Gasteiger partial charge in [-0.2, -0.15) is 0 Å². The fourth-order valence-corrected chi connectivity index (χ4v) is 3.38. The molecule has 0 saturated carbocycles. The standard InChI is InChI=1S/C23H29N3O3/c1-5-29-21-9-7-17(13-22(21)28-4)16(3)26-23(27)24-11-10-18-14-25-20-12-15(2)6-8-19(18)20/h6-9,12-14,16,25H,5,10-11H2,1-4H3,(H2,24,26,27). The molecule has 3 aromatic rings. The van der Waals surface area contributed by atoms with Crippen LogP contribution in [-0.4, -0.2) is 31.3 Å². The first-order valence-electron chi connectivity index (χ1n) is 9.93. The quantitative estimate of drug-likeness (QED) is 0.526. The number of fused-ring (bicyclic) bond motifs is 1. The summed E-state index contributed by atoms with van der Waals surface area (Å²) in [6.07, 6.45) is 2.78. The molecule has 0 aliphatic carbocycles. The third-order valence-corrected chi connectivity index (χ3v) is 4.94. The number of methoxy groups -OCH3 is 1. The third kappa shape index (κ3) is 5.02. The van der Waals surface area contributed by atoms with E-state index in [1.807, 2.05) is 38.2 Å². The molecule has 0 bridgehead atoms. The van der Waals surface area contributed by atoms with Crippen LogP contribution in [0.2, 0.25) is 0 Å². The van der Waals surface area contributed by atoms with Crippen LogP contribution >= 0.6 is 0 Å². The summed E-state index contributed by atoms with van der Waals surface area (Å²) in [6, 6.07) is 11.7. The van der Waals surface area contributed by atoms with Gasteiger partial charge in [0.25, 0.3) is 0 Å². The first-order valence-corrected chi connectivity index (χ1v) is 9.93. The maximum absolute atomic E-state index is 12.3. The summed E-state index contributed by atoms with van der Waals surface area (Å²) >= 11 is 0. The molecule has 2 amide bonds. The van der Waals surface area contributed by atoms with E-state index >= 15 is 0 Å². The van der Waals surface area contributed by atoms with Crippen LogP contribution in [0.1, 0.15) is 36.6 Å². The maximum Gasteiger partial charge on any atom is 0.315 e. The summed E-state index contributed by atoms with van der Waals surface area (Å²) in [7, 11) is 1.61. The Kier molecular flexibility index (Phi) is 6.65. The number of rotatable bonds is 8. The summed E-state index contributed by atoms with van der Waals surface area (Å²) in [5.74, 6) is 1.36. The van der Waals surface area contributed by atoms with Gasteiger partial charge in [-0.1, -0.05) is 18.2 Å². The van der Waals surface area contributed by atoms with Crippen LogP contribution in [-0.2, 0) is 6.42 Å². The van der Waals surface area contributed by atoms with Crippen LogP contribution in [0.25, 0.3) is 10.9 Å². The van der Waals surface area contributed by atoms with Gasteiger partial charge in [0, 0.05) is 23.6 Å². The molecule has 3 N–H and O–H groups in total. The maximum atomic E-state index is 12.3. The Morgan fingerprint density at radius 1 is 1.17 bits per heavy atom. The number of ether oxygens (including phenoxy) is 2. The zero-order chi connectivity index (χ0) is 20.8. The zero-order valence-corrected chi connectivity index (χ0v) is 17.5. The number of hydrogen-bond donors (Lipinski definition) is 3. The fourth-order valence-electron chi connectivity index (χ4n) is 3.38. The first kappa shape index (κ1) is 20.6. The largest absolute Gasteiger partial charge is 0.493 e. The molecule has 29 heavy (non-hydrogen) atoms. The third-order valence-electron chi connectivity index (χ3n) is 4.94. The van der Waals surface area contributed by atoms with E-state index in [-0.39, 0.29) is 12.1 Å². The molecule has 1 heterocycles. The number of amides is 2. The van der Waals surface area contributed by atoms with Crippen LogP contribution < -0.4 is 20.1 Å². The highest BCUT2D eigenvalue weighted by Gasteiger charge is 2.13. The number of benzene rings is 2. The van der Waals surface area contributed by atoms with E-state index in [1.165, 1.54) is 16.5 Å². The van der Waals surface area contributed by atoms with Crippen molar-refractivity contribution in [2.24, 2.45) is 0 Å². The highest BCUT2D eigenvalue weighted by Crippen LogP contribution is 2.30. The van der Waals surface area contributed by atoms with Gasteiger partial charge in [-0.25, -0.2) is 4.79 Å². The highest BCUT2D eigenvalue weighted by atomic mass is 16.5. The van der Waals surface area contributed by atoms with Crippen molar-refractivity contribution in [1.29, 1.82) is 0 Å². The highest BCUT2D eigenvalue weighted by molar-refractivity contribution is 5.84. The summed E-state index contributed by atoms with van der Waals surface area (Å²) < 4.78 is 10.9. The van der Waals surface area contributed by atoms with Gasteiger partial charge in [0.05, 0.1) is 19.8 Å². The minimum atomic E-state index is -0.193. The molecule has 0 fully saturated rings. The van der Waals surface area contributed by atoms with Crippen molar-refractivity contribution < 1.29 is 14.3 Å². The number of aryl methyl sites for hydroxylation is 1. The summed E-state index contributed by atoms with van der Waals surface area (Å²) in [5, 5.41) is 7.11. The lowest BCUT2D eigenvalue weighted by Gasteiger charge is -2.17. The molecule has 0 saturated heterocycles. The van der Waals surface area contributed by atoms with Gasteiger partial charge in [-0.05, 0) is 62.1 Å². The van der Waals surface area contributed by atoms with Crippen LogP contribution in [0.5, 0.6) is 11.5 Å². The monoisotopic (exact) mass is 395 g/mol. The number of carbonyl (C=O) groups excluding carboxylic acids is 1. The van der Waals surface area contributed by atoms with E-state index in [0.717, 1.165) is 17.5 Å². The van der Waals surface area contributed by atoms with Crippen molar-refractivity contribution in [2.45, 2.75) is 33.2 Å². The lowest BCUT2D eigenvalue weighted by Crippen LogP contribution is -2.38. The molecule has 1 unspecified atom stereocenters. The zero-order valence-electron chi connectivity index (χ0n) is 17.5. The van der Waals surface area contributed by atoms with Crippen LogP contribution in [0.3, 0.4) is 0 Å². The molecule has 2 aromatic carbocycles. The number of H-pyrrole nitrogens is 1. The number of hydrogen-bond acceptors (Lipinski definition) is 3. The molecule has 3 rings (SSSR count). The van der Waals surface area contributed by atoms with E-state index in [4.69, 9.17) is 9.47 Å². The molecule has 1 aromatic heterocycles. The number of aromatic amines is 1. The van der Waals surface area contributed by atoms with Gasteiger partial charge in [-0.3, -0.25) is 0 Å². The smallest absolute Gasteiger partial charge is 0.315 e. The van der Waals surface area contributed by atoms with Gasteiger partial charge in [0.1, 0.15) is 0 Å². The average molecular weight is 396 g/mol. The van der Waals surface area contributed by atoms with Crippen molar-refractivity contribution in [3.63, 3.8) is 0 Å². The number of nitrogens with one attached hydrogen (secondary N) is 3. The second-order valence-electron chi connectivity index (χ2n) is 7.08. The minimum absolute atomic E-state index is 0.157. The van der Waals surface area contributed by atoms with Crippen molar-refractivity contribution in [2.75, 3.05) is 20.3 Å². The Balaban J connectivity index is 1.53. The SMILES string of the molecule is CCOc1ccc(C(C)NC(=O)NCCc2c[nH]c3cc(C)ccc23)cc1OC. The van der Waals surface area contributed by atoms with Gasteiger partial charge >= 0.3 is 6.03 Å². The van der Waals surface area contributed by atoms with Crippen molar-refractivity contribution in [3.8, 4) is 11.5 Å². The Labute approximate surface area is 171 Å². The molecule has 1 atom stereocenters. The van der Waals surface area contributed by atoms with Crippen LogP contribution in [0, 0.1) is 6.92 Å². The first-order chi connectivity index (χ1) is 14.0. The summed E-state index contributed by atoms with van der Waals surface area (Å²) in [6.45, 7) is 7.08. The lowest BCUT2D eigenvalue weighted by molar-refractivity contribution is 0.238. The topological polar surface area (TPSA) is 75.4 Å². The summed E-state index contributed by atoms with van der Waals surface area (Å²) in [4.78, 5) is 15.6. The van der Waals surface area contributed by atoms with Gasteiger partial charge in [0.2, 0.25) is 0 Å². The molecular formula is C23H29N3O3. The van der Waals surface area contributed by atoms with Crippen molar-refractivity contribution in [3.05, 3.63) is 59.3 Å². The second kappa shape index (κ2) is 9.37. The van der Waals surface area contributed by atoms with Crippen LogP contribution in [0.15, 0.2) is 42.6 Å². The minimum Gasteiger partial charge on any atom is -0.493 e. The normalized spacial score (nSPS) is 11.9. The van der Waals surface area contributed by atoms with Crippen LogP contribution in [0.4, 0.5) is 4.79 Å². The Hall–Kier alpha value is -3.15. The molecule has 0 aliphatic heterocycles. The lowest BCUT2D eigenvalue weighted by atomic mass is 10.1. The van der Waals surface area contributed by atoms with Crippen molar-refractivity contribution in [1.82, 2.24) is 15.6 Å². The molecular weight excluding hydrogens is 366 g/mol. The molecule has 6 heteroatoms. The van der Waals surface area contributed by atoms with Gasteiger partial charge < -0.3 is 25.1 Å². The Morgan fingerprint density at radius 2 is 2.00 bits per heavy atom. The molecule has 6 nitrogen and oxygen atoms in total. The number of aromatic nitrogens is 1. The van der Waals surface area contributed by atoms with Gasteiger partial charge in [-0.15, -0.1) is 0 Å². The Bertz CT molecular complexity index is 981. The van der Waals surface area contributed by atoms with E-state index in [0.29, 0.717) is 24.7 Å². The predicted octanol–water partition coefficient (Wildman–Crippen LogP) is 4.49. The fraction of sp³-hybridized carbons (Fsp3) is 0.348. The van der Waals surface area contributed by atoms with E-state index in [2.05, 4.69) is 40.7 Å². The van der Waals surface area contributed by atoms with Gasteiger partial charge in [0.15, 0.2) is 11.5 Å². The average Bonchev–Trinajstić information content (AvgIpc) is 3.10. The second-order valence-corrected chi connectivity index (χ2v) is 7.08. The number of carbonyl (C=O) groups is 1. The molecule has 0 spiro atoms. The molecule has 154 valence electrons. The summed E-state index contributed by atoms with van der Waals surface area (Å²) in [5.41, 5.74) is 4.50. The van der Waals surface area contributed by atoms with E-state index < -0.39 is 0 Å². The predicted molar refractivity (Wildman–Crippen MR) is 116 cm³/mol. The van der Waals surface area contributed by atoms with E-state index in [9.17, 15) is 4.79 Å².